The minimum Gasteiger partial charge on any atom is -0.481 e. The summed E-state index contributed by atoms with van der Waals surface area (Å²) >= 11 is 0. The van der Waals surface area contributed by atoms with E-state index in [0.29, 0.717) is 0 Å². The normalized spacial score (nSPS) is 11.6. The first-order valence-corrected chi connectivity index (χ1v) is 5.31. The molecule has 1 amide bonds. The summed E-state index contributed by atoms with van der Waals surface area (Å²) in [4.78, 5) is 21.7. The van der Waals surface area contributed by atoms with Crippen molar-refractivity contribution >= 4 is 11.9 Å². The molecule has 0 aromatic carbocycles. The maximum absolute atomic E-state index is 11.5. The number of hydrogen-bond acceptors (Lipinski definition) is 5. The summed E-state index contributed by atoms with van der Waals surface area (Å²) in [6.07, 6.45) is 0.992. The maximum Gasteiger partial charge on any atom is 0.305 e. The highest BCUT2D eigenvalue weighted by atomic mass is 16.4. The summed E-state index contributed by atoms with van der Waals surface area (Å²) in [5.74, 6) is -1.68. The number of hydrogen-bond donors (Lipinski definition) is 4. The van der Waals surface area contributed by atoms with Crippen LogP contribution in [0.25, 0.3) is 0 Å². The minimum atomic E-state index is -1.03. The highest BCUT2D eigenvalue weighted by molar-refractivity contribution is 5.97. The van der Waals surface area contributed by atoms with Crippen molar-refractivity contribution in [1.29, 1.82) is 5.26 Å². The molecule has 0 aliphatic heterocycles. The third kappa shape index (κ3) is 6.50. The highest BCUT2D eigenvalue weighted by Gasteiger charge is 2.15. The van der Waals surface area contributed by atoms with Crippen LogP contribution >= 0.6 is 0 Å². The van der Waals surface area contributed by atoms with Gasteiger partial charge in [0.1, 0.15) is 11.6 Å². The molecule has 0 aliphatic carbocycles. The van der Waals surface area contributed by atoms with E-state index in [1.165, 1.54) is 6.20 Å². The van der Waals surface area contributed by atoms with Gasteiger partial charge in [-0.25, -0.2) is 0 Å². The van der Waals surface area contributed by atoms with E-state index in [1.807, 2.05) is 0 Å². The fourth-order valence-electron chi connectivity index (χ4n) is 0.840. The van der Waals surface area contributed by atoms with E-state index in [4.69, 9.17) is 15.5 Å². The molecule has 0 aromatic heterocycles. The van der Waals surface area contributed by atoms with Crippen molar-refractivity contribution in [2.75, 3.05) is 13.2 Å². The molecule has 0 atom stereocenters. The largest absolute Gasteiger partial charge is 0.481 e. The number of nitrogens with zero attached hydrogens (tertiary/aromatic N) is 1. The van der Waals surface area contributed by atoms with Gasteiger partial charge in [0.25, 0.3) is 5.91 Å². The Morgan fingerprint density at radius 2 is 2.06 bits per heavy atom. The first-order valence-electron chi connectivity index (χ1n) is 5.31. The molecule has 0 saturated heterocycles. The molecule has 0 radical (unpaired) electrons. The quantitative estimate of drug-likeness (QED) is 0.354. The Morgan fingerprint density at radius 3 is 2.50 bits per heavy atom. The SMILES string of the molecule is CC(C)(CO)N/C=C(/C#N)C(=O)NCCC(=O)O. The fourth-order valence-corrected chi connectivity index (χ4v) is 0.840. The number of carboxylic acids is 1. The minimum absolute atomic E-state index is 0.0451. The van der Waals surface area contributed by atoms with Gasteiger partial charge in [0.15, 0.2) is 0 Å². The van der Waals surface area contributed by atoms with E-state index in [9.17, 15) is 9.59 Å². The summed E-state index contributed by atoms with van der Waals surface area (Å²) in [5.41, 5.74) is -0.828. The predicted octanol–water partition coefficient (Wildman–Crippen LogP) is -0.655. The molecule has 0 bridgehead atoms. The van der Waals surface area contributed by atoms with Gasteiger partial charge in [0, 0.05) is 12.7 Å². The Morgan fingerprint density at radius 1 is 1.44 bits per heavy atom. The molecule has 4 N–H and O–H groups in total. The Balaban J connectivity index is 4.41. The van der Waals surface area contributed by atoms with Crippen molar-refractivity contribution < 1.29 is 19.8 Å². The molecule has 100 valence electrons. The van der Waals surface area contributed by atoms with Crippen molar-refractivity contribution in [1.82, 2.24) is 10.6 Å². The third-order valence-electron chi connectivity index (χ3n) is 1.99. The monoisotopic (exact) mass is 255 g/mol. The van der Waals surface area contributed by atoms with Crippen LogP contribution in [0.4, 0.5) is 0 Å². The number of aliphatic hydroxyl groups excluding tert-OH is 1. The van der Waals surface area contributed by atoms with Gasteiger partial charge in [0.05, 0.1) is 18.6 Å². The fraction of sp³-hybridized carbons (Fsp3) is 0.545. The van der Waals surface area contributed by atoms with Gasteiger partial charge in [-0.15, -0.1) is 0 Å². The summed E-state index contributed by atoms with van der Waals surface area (Å²) in [5, 5.41) is 31.2. The van der Waals surface area contributed by atoms with Gasteiger partial charge in [-0.2, -0.15) is 5.26 Å². The van der Waals surface area contributed by atoms with E-state index in [-0.39, 0.29) is 25.1 Å². The number of carbonyl (C=O) groups is 2. The van der Waals surface area contributed by atoms with Crippen LogP contribution in [0.2, 0.25) is 0 Å². The number of carbonyl (C=O) groups excluding carboxylic acids is 1. The van der Waals surface area contributed by atoms with E-state index >= 15 is 0 Å². The molecule has 18 heavy (non-hydrogen) atoms. The first kappa shape index (κ1) is 15.9. The lowest BCUT2D eigenvalue weighted by Gasteiger charge is -2.22. The average Bonchev–Trinajstić information content (AvgIpc) is 2.29. The summed E-state index contributed by atoms with van der Waals surface area (Å²) in [7, 11) is 0. The Kier molecular flexibility index (Phi) is 6.45. The van der Waals surface area contributed by atoms with Crippen LogP contribution in [-0.4, -0.2) is 40.8 Å². The van der Waals surface area contributed by atoms with Crippen LogP contribution in [0.3, 0.4) is 0 Å². The molecule has 0 spiro atoms. The summed E-state index contributed by atoms with van der Waals surface area (Å²) in [6, 6.07) is 1.69. The van der Waals surface area contributed by atoms with Gasteiger partial charge in [-0.1, -0.05) is 0 Å². The number of nitriles is 1. The second-order valence-electron chi connectivity index (χ2n) is 4.26. The second-order valence-corrected chi connectivity index (χ2v) is 4.26. The van der Waals surface area contributed by atoms with Crippen LogP contribution in [0.5, 0.6) is 0 Å². The highest BCUT2D eigenvalue weighted by Crippen LogP contribution is 2.01. The number of carboxylic acid groups (broad SMARTS) is 1. The van der Waals surface area contributed by atoms with Gasteiger partial charge < -0.3 is 20.8 Å². The topological polar surface area (TPSA) is 122 Å². The van der Waals surface area contributed by atoms with Gasteiger partial charge in [0.2, 0.25) is 0 Å². The molecule has 0 fully saturated rings. The van der Waals surface area contributed by atoms with Crippen molar-refractivity contribution in [3.05, 3.63) is 11.8 Å². The van der Waals surface area contributed by atoms with Crippen molar-refractivity contribution in [3.8, 4) is 6.07 Å². The molecule has 0 unspecified atom stereocenters. The smallest absolute Gasteiger partial charge is 0.305 e. The van der Waals surface area contributed by atoms with E-state index in [2.05, 4.69) is 10.6 Å². The molecule has 7 heteroatoms. The molecule has 0 aromatic rings. The van der Waals surface area contributed by atoms with Crippen molar-refractivity contribution in [2.24, 2.45) is 0 Å². The van der Waals surface area contributed by atoms with E-state index in [0.717, 1.165) is 0 Å². The zero-order valence-electron chi connectivity index (χ0n) is 10.4. The molecule has 0 rings (SSSR count). The number of nitrogens with one attached hydrogen (secondary N) is 2. The lowest BCUT2D eigenvalue weighted by molar-refractivity contribution is -0.136. The molecule has 0 aliphatic rings. The van der Waals surface area contributed by atoms with E-state index in [1.54, 1.807) is 19.9 Å². The molecule has 0 heterocycles. The molecular weight excluding hydrogens is 238 g/mol. The van der Waals surface area contributed by atoms with Gasteiger partial charge in [-0.05, 0) is 13.8 Å². The van der Waals surface area contributed by atoms with E-state index < -0.39 is 17.4 Å². The van der Waals surface area contributed by atoms with Crippen LogP contribution in [-0.2, 0) is 9.59 Å². The summed E-state index contributed by atoms with van der Waals surface area (Å²) < 4.78 is 0. The molecule has 0 saturated carbocycles. The van der Waals surface area contributed by atoms with Crippen LogP contribution in [0.1, 0.15) is 20.3 Å². The average molecular weight is 255 g/mol. The predicted molar refractivity (Wildman–Crippen MR) is 63.3 cm³/mol. The number of rotatable bonds is 7. The van der Waals surface area contributed by atoms with Crippen LogP contribution < -0.4 is 10.6 Å². The zero-order chi connectivity index (χ0) is 14.2. The van der Waals surface area contributed by atoms with Gasteiger partial charge >= 0.3 is 5.97 Å². The van der Waals surface area contributed by atoms with Crippen LogP contribution in [0, 0.1) is 11.3 Å². The van der Waals surface area contributed by atoms with Crippen molar-refractivity contribution in [3.63, 3.8) is 0 Å². The third-order valence-corrected chi connectivity index (χ3v) is 1.99. The Labute approximate surface area is 105 Å². The first-order chi connectivity index (χ1) is 8.32. The Bertz CT molecular complexity index is 382. The lowest BCUT2D eigenvalue weighted by Crippen LogP contribution is -2.40. The standard InChI is InChI=1S/C11H17N3O4/c1-11(2,7-15)14-6-8(5-12)10(18)13-4-3-9(16)17/h6,14-15H,3-4,7H2,1-2H3,(H,13,18)(H,16,17)/b8-6-. The number of aliphatic carboxylic acids is 1. The number of amides is 1. The Hall–Kier alpha value is -2.07. The van der Waals surface area contributed by atoms with Crippen molar-refractivity contribution in [2.45, 2.75) is 25.8 Å². The lowest BCUT2D eigenvalue weighted by atomic mass is 10.1. The zero-order valence-corrected chi connectivity index (χ0v) is 10.4. The number of aliphatic hydroxyl groups is 1. The molecule has 7 nitrogen and oxygen atoms in total. The second kappa shape index (κ2) is 7.29. The maximum atomic E-state index is 11.5. The van der Waals surface area contributed by atoms with Gasteiger partial charge in [-0.3, -0.25) is 9.59 Å². The molecular formula is C11H17N3O4. The van der Waals surface area contributed by atoms with Crippen LogP contribution in [0.15, 0.2) is 11.8 Å². The summed E-state index contributed by atoms with van der Waals surface area (Å²) in [6.45, 7) is 3.18.